The SMILES string of the molecule is CC(C)(C)ONc1nc(Nc2ccnc(C(F)(F)F)c2)nc(C2=C(F)[C@@H](O)C(F)(F)CC2)n1. The fraction of sp³-hybridized carbons (Fsp3) is 0.474. The lowest BCUT2D eigenvalue weighted by Gasteiger charge is -2.27. The first-order valence-corrected chi connectivity index (χ1v) is 9.61. The van der Waals surface area contributed by atoms with Crippen LogP contribution in [0.3, 0.4) is 0 Å². The summed E-state index contributed by atoms with van der Waals surface area (Å²) in [6, 6.07) is 1.91. The molecule has 0 aliphatic heterocycles. The number of hydrogen-bond acceptors (Lipinski definition) is 8. The molecule has 0 saturated heterocycles. The summed E-state index contributed by atoms with van der Waals surface area (Å²) in [5, 5.41) is 12.1. The molecular weight excluding hydrogens is 458 g/mol. The highest BCUT2D eigenvalue weighted by molar-refractivity contribution is 5.66. The van der Waals surface area contributed by atoms with Gasteiger partial charge in [-0.1, -0.05) is 0 Å². The van der Waals surface area contributed by atoms with Gasteiger partial charge in [0.15, 0.2) is 11.9 Å². The Hall–Kier alpha value is -3.00. The molecule has 0 bridgehead atoms. The number of rotatable bonds is 5. The van der Waals surface area contributed by atoms with Gasteiger partial charge in [-0.25, -0.2) is 18.7 Å². The van der Waals surface area contributed by atoms with E-state index in [1.807, 2.05) is 0 Å². The summed E-state index contributed by atoms with van der Waals surface area (Å²) >= 11 is 0. The van der Waals surface area contributed by atoms with E-state index in [-0.39, 0.29) is 23.2 Å². The predicted molar refractivity (Wildman–Crippen MR) is 105 cm³/mol. The minimum Gasteiger partial charge on any atom is -0.380 e. The van der Waals surface area contributed by atoms with Gasteiger partial charge in [0.1, 0.15) is 11.5 Å². The summed E-state index contributed by atoms with van der Waals surface area (Å²) in [6.07, 6.45) is -7.81. The summed E-state index contributed by atoms with van der Waals surface area (Å²) in [5.41, 5.74) is 0.0370. The Balaban J connectivity index is 2.01. The second-order valence-electron chi connectivity index (χ2n) is 8.17. The van der Waals surface area contributed by atoms with Crippen molar-refractivity contribution in [3.8, 4) is 0 Å². The first-order chi connectivity index (χ1) is 15.2. The number of nitrogens with zero attached hydrogens (tertiary/aromatic N) is 4. The van der Waals surface area contributed by atoms with E-state index in [9.17, 15) is 31.4 Å². The minimum absolute atomic E-state index is 0.0955. The van der Waals surface area contributed by atoms with Crippen molar-refractivity contribution < 1.29 is 36.3 Å². The molecule has 0 saturated carbocycles. The molecule has 2 aromatic rings. The Morgan fingerprint density at radius 2 is 1.79 bits per heavy atom. The van der Waals surface area contributed by atoms with Gasteiger partial charge in [0.05, 0.1) is 5.60 Å². The average molecular weight is 478 g/mol. The molecule has 3 rings (SSSR count). The van der Waals surface area contributed by atoms with Gasteiger partial charge in [-0.2, -0.15) is 28.1 Å². The Labute approximate surface area is 184 Å². The molecule has 2 heterocycles. The highest BCUT2D eigenvalue weighted by Crippen LogP contribution is 2.41. The number of nitrogens with one attached hydrogen (secondary N) is 2. The van der Waals surface area contributed by atoms with E-state index >= 15 is 0 Å². The molecule has 1 aliphatic rings. The third-order valence-corrected chi connectivity index (χ3v) is 4.30. The van der Waals surface area contributed by atoms with E-state index in [0.29, 0.717) is 6.07 Å². The van der Waals surface area contributed by atoms with Crippen LogP contribution in [0.2, 0.25) is 0 Å². The number of pyridine rings is 1. The van der Waals surface area contributed by atoms with Crippen molar-refractivity contribution in [2.24, 2.45) is 0 Å². The number of aliphatic hydroxyl groups is 1. The molecule has 3 N–H and O–H groups in total. The molecule has 0 radical (unpaired) electrons. The highest BCUT2D eigenvalue weighted by Gasteiger charge is 2.46. The maximum atomic E-state index is 14.5. The lowest BCUT2D eigenvalue weighted by atomic mass is 9.92. The second-order valence-corrected chi connectivity index (χ2v) is 8.17. The zero-order chi connectivity index (χ0) is 24.6. The van der Waals surface area contributed by atoms with Gasteiger partial charge in [-0.05, 0) is 39.3 Å². The van der Waals surface area contributed by atoms with Crippen molar-refractivity contribution in [3.05, 3.63) is 35.7 Å². The third-order valence-electron chi connectivity index (χ3n) is 4.30. The molecule has 1 atom stereocenters. The molecule has 14 heteroatoms. The van der Waals surface area contributed by atoms with E-state index in [2.05, 4.69) is 30.7 Å². The molecule has 0 spiro atoms. The summed E-state index contributed by atoms with van der Waals surface area (Å²) < 4.78 is 80.6. The van der Waals surface area contributed by atoms with Crippen LogP contribution in [0, 0.1) is 0 Å². The van der Waals surface area contributed by atoms with Gasteiger partial charge in [0.25, 0.3) is 11.9 Å². The molecule has 0 unspecified atom stereocenters. The summed E-state index contributed by atoms with van der Waals surface area (Å²) in [7, 11) is 0. The molecule has 0 amide bonds. The lowest BCUT2D eigenvalue weighted by molar-refractivity contribution is -0.141. The van der Waals surface area contributed by atoms with Gasteiger partial charge in [-0.15, -0.1) is 0 Å². The zero-order valence-corrected chi connectivity index (χ0v) is 17.6. The normalized spacial score (nSPS) is 18.9. The van der Waals surface area contributed by atoms with E-state index in [1.54, 1.807) is 20.8 Å². The molecule has 8 nitrogen and oxygen atoms in total. The first-order valence-electron chi connectivity index (χ1n) is 9.61. The maximum absolute atomic E-state index is 14.5. The molecule has 2 aromatic heterocycles. The van der Waals surface area contributed by atoms with Gasteiger partial charge < -0.3 is 10.4 Å². The smallest absolute Gasteiger partial charge is 0.380 e. The maximum Gasteiger partial charge on any atom is 0.433 e. The van der Waals surface area contributed by atoms with Crippen molar-refractivity contribution in [1.82, 2.24) is 19.9 Å². The molecule has 1 aliphatic carbocycles. The zero-order valence-electron chi connectivity index (χ0n) is 17.6. The van der Waals surface area contributed by atoms with Crippen LogP contribution >= 0.6 is 0 Å². The number of allylic oxidation sites excluding steroid dienone is 1. The highest BCUT2D eigenvalue weighted by atomic mass is 19.4. The second kappa shape index (κ2) is 8.74. The molecular formula is C19H20F6N6O2. The number of hydrogen-bond donors (Lipinski definition) is 3. The van der Waals surface area contributed by atoms with Crippen molar-refractivity contribution in [1.29, 1.82) is 0 Å². The third kappa shape index (κ3) is 6.07. The van der Waals surface area contributed by atoms with Crippen molar-refractivity contribution in [2.45, 2.75) is 57.4 Å². The first kappa shape index (κ1) is 24.6. The van der Waals surface area contributed by atoms with E-state index in [1.165, 1.54) is 6.07 Å². The number of aliphatic hydroxyl groups excluding tert-OH is 1. The van der Waals surface area contributed by atoms with Crippen LogP contribution in [0.5, 0.6) is 0 Å². The lowest BCUT2D eigenvalue weighted by Crippen LogP contribution is -2.37. The van der Waals surface area contributed by atoms with Crippen LogP contribution < -0.4 is 10.8 Å². The fourth-order valence-electron chi connectivity index (χ4n) is 2.72. The van der Waals surface area contributed by atoms with E-state index < -0.39 is 54.0 Å². The monoisotopic (exact) mass is 478 g/mol. The van der Waals surface area contributed by atoms with Crippen LogP contribution in [-0.4, -0.2) is 42.7 Å². The van der Waals surface area contributed by atoms with Crippen molar-refractivity contribution in [3.63, 3.8) is 0 Å². The Morgan fingerprint density at radius 3 is 2.42 bits per heavy atom. The fourth-order valence-corrected chi connectivity index (χ4v) is 2.72. The number of alkyl halides is 5. The Bertz CT molecular complexity index is 1050. The number of anilines is 3. The van der Waals surface area contributed by atoms with Gasteiger partial charge in [0.2, 0.25) is 5.95 Å². The van der Waals surface area contributed by atoms with Crippen LogP contribution in [0.25, 0.3) is 5.57 Å². The van der Waals surface area contributed by atoms with Gasteiger partial charge in [0, 0.05) is 23.9 Å². The molecule has 0 aromatic carbocycles. The Morgan fingerprint density at radius 1 is 1.12 bits per heavy atom. The topological polar surface area (TPSA) is 105 Å². The summed E-state index contributed by atoms with van der Waals surface area (Å²) in [6.45, 7) is 5.08. The Kier molecular flexibility index (Phi) is 6.53. The largest absolute Gasteiger partial charge is 0.433 e. The number of aromatic nitrogens is 4. The molecule has 33 heavy (non-hydrogen) atoms. The standard InChI is InChI=1S/C19H20F6N6O2/c1-17(2,3)33-31-16-29-14(10-4-6-18(21,22)13(32)12(10)20)28-15(30-16)27-9-5-7-26-11(8-9)19(23,24)25/h5,7-8,13,32H,4,6H2,1-3H3,(H2,26,27,28,29,30,31)/t13-/m1/s1. The van der Waals surface area contributed by atoms with Gasteiger partial charge >= 0.3 is 6.18 Å². The predicted octanol–water partition coefficient (Wildman–Crippen LogP) is 4.64. The minimum atomic E-state index is -4.70. The quantitative estimate of drug-likeness (QED) is 0.422. The van der Waals surface area contributed by atoms with Crippen molar-refractivity contribution in [2.75, 3.05) is 10.8 Å². The van der Waals surface area contributed by atoms with Crippen LogP contribution in [0.4, 0.5) is 43.9 Å². The van der Waals surface area contributed by atoms with Crippen molar-refractivity contribution >= 4 is 23.2 Å². The summed E-state index contributed by atoms with van der Waals surface area (Å²) in [4.78, 5) is 20.4. The van der Waals surface area contributed by atoms with Crippen LogP contribution in [0.15, 0.2) is 24.2 Å². The summed E-state index contributed by atoms with van der Waals surface area (Å²) in [5.74, 6) is -6.16. The van der Waals surface area contributed by atoms with E-state index in [4.69, 9.17) is 4.84 Å². The van der Waals surface area contributed by atoms with Crippen LogP contribution in [-0.2, 0) is 11.0 Å². The number of halogens is 6. The van der Waals surface area contributed by atoms with Gasteiger partial charge in [-0.3, -0.25) is 9.82 Å². The van der Waals surface area contributed by atoms with Crippen LogP contribution in [0.1, 0.15) is 45.1 Å². The average Bonchev–Trinajstić information content (AvgIpc) is 2.70. The molecule has 0 fully saturated rings. The van der Waals surface area contributed by atoms with E-state index in [0.717, 1.165) is 6.20 Å². The molecule has 180 valence electrons.